The number of nitrogens with zero attached hydrogens (tertiary/aromatic N) is 6. The quantitative estimate of drug-likeness (QED) is 0.162. The summed E-state index contributed by atoms with van der Waals surface area (Å²) >= 11 is 0. The lowest BCUT2D eigenvalue weighted by Gasteiger charge is -2.51. The van der Waals surface area contributed by atoms with Crippen LogP contribution in [-0.2, 0) is 48.0 Å². The van der Waals surface area contributed by atoms with Gasteiger partial charge in [0.15, 0.2) is 6.29 Å². The molecule has 0 radical (unpaired) electrons. The molecule has 382 valence electrons. The molecule has 1 unspecified atom stereocenters. The molecule has 0 aliphatic carbocycles. The van der Waals surface area contributed by atoms with Crippen LogP contribution in [0.4, 0.5) is 0 Å². The highest BCUT2D eigenvalue weighted by molar-refractivity contribution is 5.73. The van der Waals surface area contributed by atoms with Crippen LogP contribution < -0.4 is 11.2 Å². The fourth-order valence-corrected chi connectivity index (χ4v) is 11.1. The molecule has 3 saturated heterocycles. The summed E-state index contributed by atoms with van der Waals surface area (Å²) in [6.45, 7) is 19.4. The zero-order valence-electron chi connectivity index (χ0n) is 41.9. The number of carbonyl (C=O) groups excluding carboxylic acids is 1. The van der Waals surface area contributed by atoms with Gasteiger partial charge in [-0.2, -0.15) is 0 Å². The number of ether oxygens (including phenoxy) is 5. The number of nitrogens with one attached hydrogen (secondary N) is 1. The molecule has 2 aromatic rings. The van der Waals surface area contributed by atoms with Crippen LogP contribution in [0.3, 0.4) is 0 Å². The number of esters is 1. The Morgan fingerprint density at radius 1 is 0.985 bits per heavy atom. The molecule has 20 heteroatoms. The number of aliphatic hydroxyl groups is 5. The van der Waals surface area contributed by atoms with Gasteiger partial charge in [-0.1, -0.05) is 32.9 Å². The highest BCUT2D eigenvalue weighted by atomic mass is 16.7. The van der Waals surface area contributed by atoms with E-state index in [-0.39, 0.29) is 37.8 Å². The number of hydrogen-bond donors (Lipinski definition) is 6. The predicted molar refractivity (Wildman–Crippen MR) is 247 cm³/mol. The Morgan fingerprint density at radius 3 is 2.31 bits per heavy atom. The number of aromatic nitrogens is 5. The molecule has 5 rings (SSSR count). The van der Waals surface area contributed by atoms with Crippen LogP contribution in [0.15, 0.2) is 28.0 Å². The third-order valence-corrected chi connectivity index (χ3v) is 15.2. The molecular weight excluding hydrogens is 871 g/mol. The standard InChI is InChI=1S/C47H81N7O13/c1-14-35-47(10,62)39(57)30(6)52(12)24-26(2)22-45(8,61)41(28(4)37(29(5)42(59)66-35)34-23-46(9,63-13)40(58)31(7)65-34)67-43-38(56)33(21-27(3)64-43)51(11)17-15-32-25-54(50-49-32)20-19-53-18-16-36(55)48-44(53)60/h16,18,25-31,33-35,37-41,43,56-58,61-62H,14-15,17,19-24H2,1-13H3,(H,48,55,60)/t26-,27-,28+,29-,30-,31+,33+,34?,35-,37+,38-,39-,40+,41-,43+,45-,46-,47-/m1/s1. The van der Waals surface area contributed by atoms with Gasteiger partial charge in [0.2, 0.25) is 0 Å². The van der Waals surface area contributed by atoms with E-state index in [1.54, 1.807) is 52.4 Å². The molecule has 0 bridgehead atoms. The summed E-state index contributed by atoms with van der Waals surface area (Å²) in [6.07, 6.45) is -3.82. The van der Waals surface area contributed by atoms with E-state index in [1.165, 1.54) is 30.9 Å². The Morgan fingerprint density at radius 2 is 1.67 bits per heavy atom. The Kier molecular flexibility index (Phi) is 18.2. The Bertz CT molecular complexity index is 2030. The van der Waals surface area contributed by atoms with E-state index in [2.05, 4.69) is 15.3 Å². The van der Waals surface area contributed by atoms with E-state index in [9.17, 15) is 39.9 Å². The lowest BCUT2D eigenvalue weighted by atomic mass is 9.68. The highest BCUT2D eigenvalue weighted by Crippen LogP contribution is 2.45. The number of aliphatic hydroxyl groups excluding tert-OH is 3. The van der Waals surface area contributed by atoms with E-state index in [1.807, 2.05) is 44.7 Å². The molecule has 0 spiro atoms. The van der Waals surface area contributed by atoms with Crippen LogP contribution in [0.5, 0.6) is 0 Å². The molecule has 5 heterocycles. The minimum atomic E-state index is -1.82. The van der Waals surface area contributed by atoms with E-state index in [0.717, 1.165) is 0 Å². The summed E-state index contributed by atoms with van der Waals surface area (Å²) < 4.78 is 35.1. The number of aryl methyl sites for hydroxylation is 2. The maximum absolute atomic E-state index is 14.6. The zero-order chi connectivity index (χ0) is 49.9. The third-order valence-electron chi connectivity index (χ3n) is 15.2. The molecule has 3 aliphatic rings. The summed E-state index contributed by atoms with van der Waals surface area (Å²) in [5.41, 5.74) is -4.76. The van der Waals surface area contributed by atoms with Gasteiger partial charge in [-0.15, -0.1) is 5.10 Å². The van der Waals surface area contributed by atoms with Crippen molar-refractivity contribution in [2.45, 2.75) is 198 Å². The molecule has 0 amide bonds. The van der Waals surface area contributed by atoms with Gasteiger partial charge in [-0.05, 0) is 86.7 Å². The van der Waals surface area contributed by atoms with E-state index in [0.29, 0.717) is 38.2 Å². The molecular formula is C47H81N7O13. The number of likely N-dealkylation sites (N-methyl/N-ethyl adjacent to an activating group) is 2. The average Bonchev–Trinajstić information content (AvgIpc) is 3.72. The number of rotatable bonds is 12. The first-order chi connectivity index (χ1) is 31.2. The van der Waals surface area contributed by atoms with Crippen molar-refractivity contribution in [3.63, 3.8) is 0 Å². The maximum atomic E-state index is 14.6. The molecule has 20 nitrogen and oxygen atoms in total. The molecule has 6 N–H and O–H groups in total. The van der Waals surface area contributed by atoms with Crippen molar-refractivity contribution in [2.24, 2.45) is 23.7 Å². The smallest absolute Gasteiger partial charge is 0.328 e. The monoisotopic (exact) mass is 952 g/mol. The summed E-state index contributed by atoms with van der Waals surface area (Å²) in [5.74, 6) is -3.20. The normalized spacial score (nSPS) is 41.1. The predicted octanol–water partition coefficient (Wildman–Crippen LogP) is 0.929. The highest BCUT2D eigenvalue weighted by Gasteiger charge is 2.55. The van der Waals surface area contributed by atoms with E-state index >= 15 is 0 Å². The van der Waals surface area contributed by atoms with Crippen molar-refractivity contribution in [1.29, 1.82) is 0 Å². The number of carbonyl (C=O) groups is 1. The third kappa shape index (κ3) is 12.6. The van der Waals surface area contributed by atoms with Crippen LogP contribution in [0.25, 0.3) is 0 Å². The average molecular weight is 952 g/mol. The summed E-state index contributed by atoms with van der Waals surface area (Å²) in [7, 11) is 5.26. The van der Waals surface area contributed by atoms with Crippen molar-refractivity contribution in [3.05, 3.63) is 45.0 Å². The van der Waals surface area contributed by atoms with Gasteiger partial charge in [0.1, 0.15) is 30.0 Å². The molecule has 0 saturated carbocycles. The summed E-state index contributed by atoms with van der Waals surface area (Å²) in [5, 5.41) is 68.4. The molecule has 18 atom stereocenters. The molecule has 67 heavy (non-hydrogen) atoms. The largest absolute Gasteiger partial charge is 0.459 e. The lowest BCUT2D eigenvalue weighted by molar-refractivity contribution is -0.302. The topological polar surface area (TPSA) is 256 Å². The van der Waals surface area contributed by atoms with Gasteiger partial charge < -0.3 is 59.0 Å². The first-order valence-electron chi connectivity index (χ1n) is 24.0. The SMILES string of the molecule is CC[C@H]1OC(=O)[C@H](C)[C@@H](C2C[C@@](C)(OC)[C@@H](O)[C@H](C)O2)[C@H](C)[C@@H](O[C@@H]2O[C@H](C)C[C@H](N(C)CCc3cn(CCn4ccc(=O)[nH]c4=O)nn3)[C@H]2O)[C@](C)(O)C[C@@H](C)CN(C)[C@H](C)[C@@H](O)[C@]1(C)O. The molecule has 2 aromatic heterocycles. The number of cyclic esters (lactones) is 1. The fraction of sp³-hybridized carbons (Fsp3) is 0.851. The Balaban J connectivity index is 1.45. The number of methoxy groups -OCH3 is 1. The number of H-pyrrole nitrogens is 1. The second-order valence-electron chi connectivity index (χ2n) is 20.8. The van der Waals surface area contributed by atoms with Crippen LogP contribution in [0.1, 0.15) is 101 Å². The maximum Gasteiger partial charge on any atom is 0.328 e. The van der Waals surface area contributed by atoms with Gasteiger partial charge >= 0.3 is 11.7 Å². The first kappa shape index (κ1) is 54.8. The van der Waals surface area contributed by atoms with E-state index < -0.39 is 113 Å². The van der Waals surface area contributed by atoms with Crippen LogP contribution >= 0.6 is 0 Å². The van der Waals surface area contributed by atoms with Crippen molar-refractivity contribution in [3.8, 4) is 0 Å². The Hall–Kier alpha value is -3.15. The fourth-order valence-electron chi connectivity index (χ4n) is 11.1. The van der Waals surface area contributed by atoms with Crippen molar-refractivity contribution < 1.29 is 54.0 Å². The van der Waals surface area contributed by atoms with Gasteiger partial charge in [0.05, 0.1) is 53.8 Å². The second-order valence-corrected chi connectivity index (χ2v) is 20.8. The minimum Gasteiger partial charge on any atom is -0.459 e. The van der Waals surface area contributed by atoms with Gasteiger partial charge in [0.25, 0.3) is 5.56 Å². The molecule has 0 aromatic carbocycles. The van der Waals surface area contributed by atoms with E-state index in [4.69, 9.17) is 23.7 Å². The van der Waals surface area contributed by atoms with Gasteiger partial charge in [-0.25, -0.2) is 4.79 Å². The Labute approximate surface area is 394 Å². The lowest BCUT2D eigenvalue weighted by Crippen LogP contribution is -2.62. The van der Waals surface area contributed by atoms with Crippen molar-refractivity contribution >= 4 is 5.97 Å². The molecule has 3 aliphatic heterocycles. The van der Waals surface area contributed by atoms with Crippen LogP contribution in [0.2, 0.25) is 0 Å². The second kappa shape index (κ2) is 22.3. The number of aromatic amines is 1. The van der Waals surface area contributed by atoms with Gasteiger partial charge in [-0.3, -0.25) is 23.8 Å². The minimum absolute atomic E-state index is 0.179. The molecule has 3 fully saturated rings. The van der Waals surface area contributed by atoms with Crippen LogP contribution in [0, 0.1) is 23.7 Å². The zero-order valence-corrected chi connectivity index (χ0v) is 41.9. The van der Waals surface area contributed by atoms with Gasteiger partial charge in [0, 0.05) is 76.0 Å². The first-order valence-corrected chi connectivity index (χ1v) is 24.0. The number of hydrogen-bond acceptors (Lipinski definition) is 17. The van der Waals surface area contributed by atoms with Crippen molar-refractivity contribution in [2.75, 3.05) is 34.3 Å². The summed E-state index contributed by atoms with van der Waals surface area (Å²) in [4.78, 5) is 44.3. The van der Waals surface area contributed by atoms with Crippen molar-refractivity contribution in [1.82, 2.24) is 34.3 Å². The summed E-state index contributed by atoms with van der Waals surface area (Å²) in [6, 6.07) is 0.280. The van der Waals surface area contributed by atoms with Crippen LogP contribution in [-0.4, -0.2) is 184 Å².